The van der Waals surface area contributed by atoms with E-state index in [-0.39, 0.29) is 11.8 Å². The molecule has 1 amide bonds. The first-order chi connectivity index (χ1) is 11.0. The summed E-state index contributed by atoms with van der Waals surface area (Å²) in [6.45, 7) is 6.17. The van der Waals surface area contributed by atoms with E-state index in [0.29, 0.717) is 24.0 Å². The molecular weight excluding hydrogens is 387 g/mol. The molecule has 3 nitrogen and oxygen atoms in total. The van der Waals surface area contributed by atoms with Gasteiger partial charge in [0.1, 0.15) is 5.60 Å². The normalized spacial score (nSPS) is 21.9. The van der Waals surface area contributed by atoms with Crippen molar-refractivity contribution in [3.05, 3.63) is 35.4 Å². The first kappa shape index (κ1) is 19.1. The predicted molar refractivity (Wildman–Crippen MR) is 89.3 cm³/mol. The smallest absolute Gasteiger partial charge is 0.416 e. The van der Waals surface area contributed by atoms with Crippen LogP contribution in [-0.4, -0.2) is 35.0 Å². The third kappa shape index (κ3) is 4.65. The Morgan fingerprint density at radius 1 is 1.29 bits per heavy atom. The van der Waals surface area contributed by atoms with Gasteiger partial charge in [-0.1, -0.05) is 34.1 Å². The highest BCUT2D eigenvalue weighted by atomic mass is 79.9. The van der Waals surface area contributed by atoms with Crippen molar-refractivity contribution in [3.63, 3.8) is 0 Å². The molecule has 0 spiro atoms. The van der Waals surface area contributed by atoms with Crippen molar-refractivity contribution in [2.75, 3.05) is 18.4 Å². The maximum atomic E-state index is 12.9. The van der Waals surface area contributed by atoms with Crippen molar-refractivity contribution in [1.29, 1.82) is 0 Å². The number of alkyl halides is 4. The number of hydrogen-bond acceptors (Lipinski definition) is 2. The fourth-order valence-electron chi connectivity index (χ4n) is 2.83. The number of amides is 1. The average Bonchev–Trinajstić information content (AvgIpc) is 2.89. The molecule has 134 valence electrons. The summed E-state index contributed by atoms with van der Waals surface area (Å²) in [4.78, 5) is 13.8. The molecule has 0 aromatic heterocycles. The Labute approximate surface area is 148 Å². The minimum Gasteiger partial charge on any atom is -0.444 e. The van der Waals surface area contributed by atoms with Crippen molar-refractivity contribution in [2.24, 2.45) is 5.92 Å². The van der Waals surface area contributed by atoms with Gasteiger partial charge >= 0.3 is 12.3 Å². The number of nitrogens with zero attached hydrogens (tertiary/aromatic N) is 1. The summed E-state index contributed by atoms with van der Waals surface area (Å²) in [5.74, 6) is -0.111. The lowest BCUT2D eigenvalue weighted by molar-refractivity contribution is -0.137. The van der Waals surface area contributed by atoms with Crippen LogP contribution in [0.5, 0.6) is 0 Å². The highest BCUT2D eigenvalue weighted by molar-refractivity contribution is 9.09. The summed E-state index contributed by atoms with van der Waals surface area (Å²) < 4.78 is 44.2. The lowest BCUT2D eigenvalue weighted by Gasteiger charge is -2.24. The number of benzene rings is 1. The third-order valence-corrected chi connectivity index (χ3v) is 4.76. The molecule has 0 radical (unpaired) electrons. The number of rotatable bonds is 2. The molecule has 1 saturated heterocycles. The first-order valence-corrected chi connectivity index (χ1v) is 8.84. The number of carbonyl (C=O) groups is 1. The van der Waals surface area contributed by atoms with Gasteiger partial charge in [0.15, 0.2) is 0 Å². The first-order valence-electron chi connectivity index (χ1n) is 7.72. The molecule has 0 N–H and O–H groups in total. The molecule has 0 aliphatic carbocycles. The number of ether oxygens (including phenoxy) is 1. The maximum Gasteiger partial charge on any atom is 0.416 e. The fourth-order valence-corrected chi connectivity index (χ4v) is 3.48. The summed E-state index contributed by atoms with van der Waals surface area (Å²) in [6.07, 6.45) is -4.80. The van der Waals surface area contributed by atoms with Gasteiger partial charge in [-0.25, -0.2) is 4.79 Å². The van der Waals surface area contributed by atoms with Gasteiger partial charge in [0, 0.05) is 24.3 Å². The van der Waals surface area contributed by atoms with Gasteiger partial charge in [-0.15, -0.1) is 0 Å². The topological polar surface area (TPSA) is 29.5 Å². The zero-order chi connectivity index (χ0) is 18.1. The van der Waals surface area contributed by atoms with E-state index >= 15 is 0 Å². The molecular formula is C17H21BrF3NO2. The Hall–Kier alpha value is -1.24. The molecule has 0 saturated carbocycles. The fraction of sp³-hybridized carbons (Fsp3) is 0.588. The number of halogens is 4. The monoisotopic (exact) mass is 407 g/mol. The molecule has 1 aliphatic rings. The van der Waals surface area contributed by atoms with E-state index in [9.17, 15) is 18.0 Å². The Kier molecular flexibility index (Phi) is 5.52. The molecule has 1 aromatic carbocycles. The van der Waals surface area contributed by atoms with E-state index < -0.39 is 23.4 Å². The largest absolute Gasteiger partial charge is 0.444 e. The zero-order valence-corrected chi connectivity index (χ0v) is 15.4. The maximum absolute atomic E-state index is 12.9. The van der Waals surface area contributed by atoms with E-state index in [4.69, 9.17) is 4.74 Å². The van der Waals surface area contributed by atoms with Crippen LogP contribution in [0.1, 0.15) is 37.8 Å². The lowest BCUT2D eigenvalue weighted by atomic mass is 9.89. The molecule has 2 atom stereocenters. The zero-order valence-electron chi connectivity index (χ0n) is 13.9. The molecule has 1 aliphatic heterocycles. The number of likely N-dealkylation sites (tertiary alicyclic amines) is 1. The minimum absolute atomic E-state index is 0.0426. The van der Waals surface area contributed by atoms with Gasteiger partial charge in [-0.2, -0.15) is 13.2 Å². The third-order valence-electron chi connectivity index (χ3n) is 3.93. The highest BCUT2D eigenvalue weighted by Crippen LogP contribution is 2.37. The van der Waals surface area contributed by atoms with Crippen LogP contribution >= 0.6 is 15.9 Å². The van der Waals surface area contributed by atoms with Gasteiger partial charge in [-0.3, -0.25) is 0 Å². The van der Waals surface area contributed by atoms with Crippen LogP contribution in [0.2, 0.25) is 0 Å². The van der Waals surface area contributed by atoms with E-state index in [0.717, 1.165) is 6.07 Å². The van der Waals surface area contributed by atoms with E-state index in [2.05, 4.69) is 15.9 Å². The Morgan fingerprint density at radius 3 is 2.50 bits per heavy atom. The second-order valence-corrected chi connectivity index (χ2v) is 7.68. The Bertz CT molecular complexity index is 598. The summed E-state index contributed by atoms with van der Waals surface area (Å²) in [6, 6.07) is 5.35. The van der Waals surface area contributed by atoms with Crippen molar-refractivity contribution < 1.29 is 22.7 Å². The molecule has 1 fully saturated rings. The number of hydrogen-bond donors (Lipinski definition) is 0. The van der Waals surface area contributed by atoms with Crippen LogP contribution < -0.4 is 0 Å². The van der Waals surface area contributed by atoms with Crippen LogP contribution in [0.15, 0.2) is 24.3 Å². The van der Waals surface area contributed by atoms with Crippen LogP contribution in [0.25, 0.3) is 0 Å². The summed E-state index contributed by atoms with van der Waals surface area (Å²) in [5, 5.41) is 0.604. The van der Waals surface area contributed by atoms with Gasteiger partial charge in [0.05, 0.1) is 5.56 Å². The van der Waals surface area contributed by atoms with Gasteiger partial charge in [0.2, 0.25) is 0 Å². The molecule has 0 unspecified atom stereocenters. The highest BCUT2D eigenvalue weighted by Gasteiger charge is 2.38. The van der Waals surface area contributed by atoms with Crippen molar-refractivity contribution in [3.8, 4) is 0 Å². The standard InChI is InChI=1S/C17H21BrF3NO2/c1-16(2,3)24-15(23)22-9-12(8-18)14(10-22)11-5-4-6-13(7-11)17(19,20)21/h4-7,12,14H,8-10H2,1-3H3/t12-,14+/m1/s1. The second kappa shape index (κ2) is 6.94. The SMILES string of the molecule is CC(C)(C)OC(=O)N1C[C@@H](CBr)[C@H](c2cccc(C(F)(F)F)c2)C1. The predicted octanol–water partition coefficient (Wildman–Crippen LogP) is 5.05. The van der Waals surface area contributed by atoms with Crippen molar-refractivity contribution >= 4 is 22.0 Å². The van der Waals surface area contributed by atoms with Gasteiger partial charge in [0.25, 0.3) is 0 Å². The van der Waals surface area contributed by atoms with Crippen LogP contribution in [0.4, 0.5) is 18.0 Å². The number of carbonyl (C=O) groups excluding carboxylic acids is 1. The van der Waals surface area contributed by atoms with Crippen molar-refractivity contribution in [1.82, 2.24) is 4.90 Å². The van der Waals surface area contributed by atoms with Crippen LogP contribution in [0, 0.1) is 5.92 Å². The molecule has 24 heavy (non-hydrogen) atoms. The quantitative estimate of drug-likeness (QED) is 0.641. The van der Waals surface area contributed by atoms with Gasteiger partial charge < -0.3 is 9.64 Å². The summed E-state index contributed by atoms with van der Waals surface area (Å²) >= 11 is 3.41. The molecule has 1 aromatic rings. The second-order valence-electron chi connectivity index (χ2n) is 7.03. The summed E-state index contributed by atoms with van der Waals surface area (Å²) in [5.41, 5.74) is -0.667. The molecule has 2 rings (SSSR count). The minimum atomic E-state index is -4.37. The summed E-state index contributed by atoms with van der Waals surface area (Å²) in [7, 11) is 0. The Morgan fingerprint density at radius 2 is 1.96 bits per heavy atom. The van der Waals surface area contributed by atoms with Gasteiger partial charge in [-0.05, 0) is 38.3 Å². The Balaban J connectivity index is 2.20. The van der Waals surface area contributed by atoms with E-state index in [1.165, 1.54) is 12.1 Å². The van der Waals surface area contributed by atoms with E-state index in [1.54, 1.807) is 31.7 Å². The van der Waals surface area contributed by atoms with Crippen LogP contribution in [0.3, 0.4) is 0 Å². The molecule has 0 bridgehead atoms. The van der Waals surface area contributed by atoms with Crippen LogP contribution in [-0.2, 0) is 10.9 Å². The van der Waals surface area contributed by atoms with Crippen molar-refractivity contribution in [2.45, 2.75) is 38.5 Å². The molecule has 1 heterocycles. The lowest BCUT2D eigenvalue weighted by Crippen LogP contribution is -2.35. The average molecular weight is 408 g/mol. The van der Waals surface area contributed by atoms with E-state index in [1.807, 2.05) is 0 Å². The molecule has 7 heteroatoms.